The van der Waals surface area contributed by atoms with Crippen molar-refractivity contribution in [1.82, 2.24) is 0 Å². The number of allylic oxidation sites excluding steroid dienone is 1. The molecule has 14 heavy (non-hydrogen) atoms. The van der Waals surface area contributed by atoms with Gasteiger partial charge in [0, 0.05) is 0 Å². The maximum absolute atomic E-state index is 11.8. The molecule has 0 aliphatic rings. The van der Waals surface area contributed by atoms with Crippen molar-refractivity contribution >= 4 is 5.57 Å². The highest BCUT2D eigenvalue weighted by Gasteiger charge is 2.31. The van der Waals surface area contributed by atoms with Crippen LogP contribution in [0.25, 0.3) is 5.57 Å². The molecule has 0 spiro atoms. The van der Waals surface area contributed by atoms with Crippen LogP contribution in [0, 0.1) is 0 Å². The molecule has 1 aromatic carbocycles. The van der Waals surface area contributed by atoms with E-state index in [1.807, 2.05) is 0 Å². The van der Waals surface area contributed by atoms with E-state index >= 15 is 0 Å². The van der Waals surface area contributed by atoms with E-state index in [1.54, 1.807) is 13.0 Å². The third kappa shape index (κ3) is 3.12. The molecule has 0 radical (unpaired) electrons. The van der Waals surface area contributed by atoms with Crippen LogP contribution in [0.4, 0.5) is 13.2 Å². The van der Waals surface area contributed by atoms with E-state index in [9.17, 15) is 13.2 Å². The summed E-state index contributed by atoms with van der Waals surface area (Å²) in [5.74, 6) is -0.224. The van der Waals surface area contributed by atoms with Gasteiger partial charge in [-0.25, -0.2) is 0 Å². The number of rotatable bonds is 2. The molecular formula is C10H9F3O. The van der Waals surface area contributed by atoms with E-state index in [-0.39, 0.29) is 5.75 Å². The summed E-state index contributed by atoms with van der Waals surface area (Å²) in [6, 6.07) is 5.71. The van der Waals surface area contributed by atoms with E-state index in [0.29, 0.717) is 11.1 Å². The van der Waals surface area contributed by atoms with Crippen LogP contribution in [0.2, 0.25) is 0 Å². The van der Waals surface area contributed by atoms with Crippen molar-refractivity contribution in [3.63, 3.8) is 0 Å². The van der Waals surface area contributed by atoms with Crippen LogP contribution in [-0.2, 0) is 0 Å². The molecular weight excluding hydrogens is 193 g/mol. The number of hydrogen-bond acceptors (Lipinski definition) is 1. The van der Waals surface area contributed by atoms with Crippen LogP contribution in [-0.4, -0.2) is 6.36 Å². The summed E-state index contributed by atoms with van der Waals surface area (Å²) in [4.78, 5) is 0. The molecule has 0 aliphatic carbocycles. The Morgan fingerprint density at radius 1 is 1.36 bits per heavy atom. The highest BCUT2D eigenvalue weighted by Crippen LogP contribution is 2.25. The lowest BCUT2D eigenvalue weighted by atomic mass is 10.1. The van der Waals surface area contributed by atoms with Gasteiger partial charge in [-0.2, -0.15) is 0 Å². The number of ether oxygens (including phenoxy) is 1. The van der Waals surface area contributed by atoms with E-state index in [0.717, 1.165) is 0 Å². The van der Waals surface area contributed by atoms with Gasteiger partial charge in [-0.3, -0.25) is 0 Å². The molecule has 0 aliphatic heterocycles. The first-order chi connectivity index (χ1) is 6.38. The number of alkyl halides is 3. The molecule has 0 atom stereocenters. The fraction of sp³-hybridized carbons (Fsp3) is 0.200. The Labute approximate surface area is 79.8 Å². The van der Waals surface area contributed by atoms with Crippen LogP contribution in [0.15, 0.2) is 30.8 Å². The molecule has 4 heteroatoms. The highest BCUT2D eigenvalue weighted by molar-refractivity contribution is 5.62. The molecule has 1 nitrogen and oxygen atoms in total. The van der Waals surface area contributed by atoms with Gasteiger partial charge in [0.25, 0.3) is 0 Å². The second kappa shape index (κ2) is 3.74. The summed E-state index contributed by atoms with van der Waals surface area (Å²) < 4.78 is 39.2. The largest absolute Gasteiger partial charge is 0.573 e. The number of halogens is 3. The summed E-state index contributed by atoms with van der Waals surface area (Å²) in [5.41, 5.74) is 1.32. The fourth-order valence-electron chi connectivity index (χ4n) is 0.959. The minimum atomic E-state index is -4.65. The van der Waals surface area contributed by atoms with Crippen molar-refractivity contribution in [2.24, 2.45) is 0 Å². The van der Waals surface area contributed by atoms with Gasteiger partial charge in [-0.1, -0.05) is 24.3 Å². The molecule has 1 aromatic rings. The van der Waals surface area contributed by atoms with Crippen LogP contribution < -0.4 is 4.74 Å². The molecule has 0 saturated heterocycles. The Kier molecular flexibility index (Phi) is 2.84. The maximum atomic E-state index is 11.8. The predicted molar refractivity (Wildman–Crippen MR) is 47.8 cm³/mol. The summed E-state index contributed by atoms with van der Waals surface area (Å²) in [6.45, 7) is 5.34. The van der Waals surface area contributed by atoms with Gasteiger partial charge >= 0.3 is 6.36 Å². The lowest BCUT2D eigenvalue weighted by Gasteiger charge is -2.09. The van der Waals surface area contributed by atoms with Crippen molar-refractivity contribution in [3.05, 3.63) is 36.4 Å². The van der Waals surface area contributed by atoms with Gasteiger partial charge in [-0.05, 0) is 24.6 Å². The molecule has 0 heterocycles. The fourth-order valence-corrected chi connectivity index (χ4v) is 0.959. The Bertz CT molecular complexity index is 341. The monoisotopic (exact) mass is 202 g/mol. The van der Waals surface area contributed by atoms with Gasteiger partial charge in [0.15, 0.2) is 0 Å². The third-order valence-electron chi connectivity index (χ3n) is 1.56. The van der Waals surface area contributed by atoms with E-state index in [1.165, 1.54) is 18.2 Å². The first kappa shape index (κ1) is 10.6. The SMILES string of the molecule is C=C(C)c1cccc(OC(F)(F)F)c1. The molecule has 0 amide bonds. The van der Waals surface area contributed by atoms with Crippen molar-refractivity contribution in [2.75, 3.05) is 0 Å². The molecule has 0 fully saturated rings. The summed E-state index contributed by atoms with van der Waals surface area (Å²) >= 11 is 0. The van der Waals surface area contributed by atoms with Gasteiger partial charge < -0.3 is 4.74 Å². The third-order valence-corrected chi connectivity index (χ3v) is 1.56. The summed E-state index contributed by atoms with van der Waals surface area (Å²) in [7, 11) is 0. The van der Waals surface area contributed by atoms with Crippen LogP contribution in [0.1, 0.15) is 12.5 Å². The zero-order valence-electron chi connectivity index (χ0n) is 7.56. The highest BCUT2D eigenvalue weighted by atomic mass is 19.4. The lowest BCUT2D eigenvalue weighted by Crippen LogP contribution is -2.17. The van der Waals surface area contributed by atoms with E-state index in [2.05, 4.69) is 11.3 Å². The Morgan fingerprint density at radius 2 is 2.00 bits per heavy atom. The van der Waals surface area contributed by atoms with E-state index in [4.69, 9.17) is 0 Å². The standard InChI is InChI=1S/C10H9F3O/c1-7(2)8-4-3-5-9(6-8)14-10(11,12)13/h3-6H,1H2,2H3. The molecule has 1 rings (SSSR count). The summed E-state index contributed by atoms with van der Waals surface area (Å²) in [5, 5.41) is 0. The van der Waals surface area contributed by atoms with Crippen LogP contribution in [0.5, 0.6) is 5.75 Å². The van der Waals surface area contributed by atoms with Crippen LogP contribution in [0.3, 0.4) is 0 Å². The Balaban J connectivity index is 2.89. The predicted octanol–water partition coefficient (Wildman–Crippen LogP) is 3.62. The van der Waals surface area contributed by atoms with E-state index < -0.39 is 6.36 Å². The van der Waals surface area contributed by atoms with Crippen molar-refractivity contribution in [1.29, 1.82) is 0 Å². The number of benzene rings is 1. The second-order valence-electron chi connectivity index (χ2n) is 2.86. The average molecular weight is 202 g/mol. The zero-order valence-corrected chi connectivity index (χ0v) is 7.56. The Hall–Kier alpha value is -1.45. The topological polar surface area (TPSA) is 9.23 Å². The minimum Gasteiger partial charge on any atom is -0.406 e. The second-order valence-corrected chi connectivity index (χ2v) is 2.86. The molecule has 0 aromatic heterocycles. The zero-order chi connectivity index (χ0) is 10.8. The van der Waals surface area contributed by atoms with Crippen molar-refractivity contribution in [2.45, 2.75) is 13.3 Å². The molecule has 0 bridgehead atoms. The first-order valence-electron chi connectivity index (χ1n) is 3.90. The lowest BCUT2D eigenvalue weighted by molar-refractivity contribution is -0.274. The first-order valence-corrected chi connectivity index (χ1v) is 3.90. The average Bonchev–Trinajstić information content (AvgIpc) is 2.01. The Morgan fingerprint density at radius 3 is 2.50 bits per heavy atom. The molecule has 76 valence electrons. The number of hydrogen-bond donors (Lipinski definition) is 0. The van der Waals surface area contributed by atoms with Crippen molar-refractivity contribution < 1.29 is 17.9 Å². The van der Waals surface area contributed by atoms with Gasteiger partial charge in [-0.15, -0.1) is 13.2 Å². The van der Waals surface area contributed by atoms with Gasteiger partial charge in [0.2, 0.25) is 0 Å². The maximum Gasteiger partial charge on any atom is 0.573 e. The smallest absolute Gasteiger partial charge is 0.406 e. The quantitative estimate of drug-likeness (QED) is 0.711. The summed E-state index contributed by atoms with van der Waals surface area (Å²) in [6.07, 6.45) is -4.65. The molecule has 0 N–H and O–H groups in total. The van der Waals surface area contributed by atoms with Crippen LogP contribution >= 0.6 is 0 Å². The van der Waals surface area contributed by atoms with Gasteiger partial charge in [0.05, 0.1) is 0 Å². The normalized spacial score (nSPS) is 11.1. The molecule has 0 saturated carbocycles. The van der Waals surface area contributed by atoms with Crippen molar-refractivity contribution in [3.8, 4) is 5.75 Å². The molecule has 0 unspecified atom stereocenters. The van der Waals surface area contributed by atoms with Gasteiger partial charge in [0.1, 0.15) is 5.75 Å². The minimum absolute atomic E-state index is 0.224.